The Balaban J connectivity index is 2.66. The molecule has 0 radical (unpaired) electrons. The molecule has 0 atom stereocenters. The van der Waals surface area contributed by atoms with Crippen LogP contribution in [0, 0.1) is 0 Å². The number of aromatic nitrogens is 3. The normalized spacial score (nSPS) is 11.4. The molecule has 0 aliphatic rings. The van der Waals surface area contributed by atoms with Gasteiger partial charge in [0.05, 0.1) is 5.69 Å². The number of aryl methyl sites for hydroxylation is 1. The van der Waals surface area contributed by atoms with Gasteiger partial charge in [0.2, 0.25) is 5.78 Å². The van der Waals surface area contributed by atoms with Crippen LogP contribution < -0.4 is 0 Å². The van der Waals surface area contributed by atoms with E-state index in [-0.39, 0.29) is 0 Å². The van der Waals surface area contributed by atoms with Crippen molar-refractivity contribution in [3.63, 3.8) is 0 Å². The molecule has 3 heteroatoms. The monoisotopic (exact) mass is 189 g/mol. The molecule has 0 aromatic carbocycles. The summed E-state index contributed by atoms with van der Waals surface area (Å²) >= 11 is 0. The van der Waals surface area contributed by atoms with Gasteiger partial charge in [0.15, 0.2) is 0 Å². The van der Waals surface area contributed by atoms with E-state index >= 15 is 0 Å². The van der Waals surface area contributed by atoms with Crippen molar-refractivity contribution >= 4 is 5.78 Å². The Morgan fingerprint density at radius 1 is 1.43 bits per heavy atom. The number of nitrogens with zero attached hydrogens (tertiary/aromatic N) is 3. The zero-order valence-electron chi connectivity index (χ0n) is 8.86. The summed E-state index contributed by atoms with van der Waals surface area (Å²) in [5.74, 6) is 1.26. The Morgan fingerprint density at radius 2 is 2.21 bits per heavy atom. The molecular weight excluding hydrogens is 174 g/mol. The van der Waals surface area contributed by atoms with Crippen LogP contribution in [0.2, 0.25) is 0 Å². The van der Waals surface area contributed by atoms with E-state index in [0.717, 1.165) is 12.2 Å². The van der Waals surface area contributed by atoms with E-state index in [1.54, 1.807) is 6.20 Å². The van der Waals surface area contributed by atoms with Gasteiger partial charge in [-0.2, -0.15) is 0 Å². The number of fused-ring (bicyclic) bond motifs is 1. The summed E-state index contributed by atoms with van der Waals surface area (Å²) < 4.78 is 1.98. The van der Waals surface area contributed by atoms with E-state index < -0.39 is 0 Å². The van der Waals surface area contributed by atoms with Crippen LogP contribution in [-0.2, 0) is 6.42 Å². The second kappa shape index (κ2) is 3.40. The number of rotatable bonds is 2. The highest BCUT2D eigenvalue weighted by molar-refractivity contribution is 5.34. The molecule has 0 bridgehead atoms. The zero-order valence-corrected chi connectivity index (χ0v) is 8.86. The first kappa shape index (κ1) is 9.19. The second-order valence-electron chi connectivity index (χ2n) is 3.79. The largest absolute Gasteiger partial charge is 0.291 e. The summed E-state index contributed by atoms with van der Waals surface area (Å²) in [5.41, 5.74) is 2.48. The van der Waals surface area contributed by atoms with Gasteiger partial charge in [0.1, 0.15) is 0 Å². The van der Waals surface area contributed by atoms with Crippen LogP contribution >= 0.6 is 0 Å². The maximum atomic E-state index is 4.56. The van der Waals surface area contributed by atoms with E-state index in [4.69, 9.17) is 0 Å². The van der Waals surface area contributed by atoms with Crippen molar-refractivity contribution in [2.24, 2.45) is 0 Å². The molecule has 0 fully saturated rings. The molecule has 0 unspecified atom stereocenters. The summed E-state index contributed by atoms with van der Waals surface area (Å²) in [6, 6.07) is 0. The van der Waals surface area contributed by atoms with Gasteiger partial charge in [0, 0.05) is 18.6 Å². The fourth-order valence-electron chi connectivity index (χ4n) is 1.68. The van der Waals surface area contributed by atoms with Crippen molar-refractivity contribution in [2.45, 2.75) is 33.1 Å². The highest BCUT2D eigenvalue weighted by atomic mass is 15.1. The minimum absolute atomic E-state index is 0.464. The molecule has 2 heterocycles. The van der Waals surface area contributed by atoms with Crippen molar-refractivity contribution in [3.05, 3.63) is 29.8 Å². The lowest BCUT2D eigenvalue weighted by Gasteiger charge is -2.10. The third kappa shape index (κ3) is 1.39. The topological polar surface area (TPSA) is 30.2 Å². The Hall–Kier alpha value is -1.38. The molecule has 14 heavy (non-hydrogen) atoms. The lowest BCUT2D eigenvalue weighted by Crippen LogP contribution is -2.03. The molecule has 0 N–H and O–H groups in total. The first-order valence-electron chi connectivity index (χ1n) is 5.05. The van der Waals surface area contributed by atoms with Gasteiger partial charge in [-0.3, -0.25) is 4.40 Å². The highest BCUT2D eigenvalue weighted by Crippen LogP contribution is 2.18. The predicted molar refractivity (Wildman–Crippen MR) is 56.5 cm³/mol. The fourth-order valence-corrected chi connectivity index (χ4v) is 1.68. The van der Waals surface area contributed by atoms with Crippen LogP contribution in [0.4, 0.5) is 0 Å². The van der Waals surface area contributed by atoms with Gasteiger partial charge >= 0.3 is 0 Å². The number of imidazole rings is 1. The van der Waals surface area contributed by atoms with Crippen LogP contribution in [0.5, 0.6) is 0 Å². The molecule has 0 spiro atoms. The standard InChI is InChI=1S/C11H15N3/c1-4-9-7-14-6-5-12-11(14)13-10(9)8(2)3/h5-8H,4H2,1-3H3. The van der Waals surface area contributed by atoms with Crippen LogP contribution in [-0.4, -0.2) is 14.4 Å². The Morgan fingerprint density at radius 3 is 2.86 bits per heavy atom. The van der Waals surface area contributed by atoms with E-state index in [9.17, 15) is 0 Å². The number of hydrogen-bond donors (Lipinski definition) is 0. The Labute approximate surface area is 83.8 Å². The third-order valence-electron chi connectivity index (χ3n) is 2.42. The summed E-state index contributed by atoms with van der Waals surface area (Å²) in [6.07, 6.45) is 6.87. The van der Waals surface area contributed by atoms with Crippen molar-refractivity contribution in [2.75, 3.05) is 0 Å². The van der Waals surface area contributed by atoms with Gasteiger partial charge in [-0.05, 0) is 17.9 Å². The molecule has 0 amide bonds. The quantitative estimate of drug-likeness (QED) is 0.726. The molecule has 3 nitrogen and oxygen atoms in total. The third-order valence-corrected chi connectivity index (χ3v) is 2.42. The van der Waals surface area contributed by atoms with Crippen LogP contribution in [0.3, 0.4) is 0 Å². The van der Waals surface area contributed by atoms with Crippen LogP contribution in [0.25, 0.3) is 5.78 Å². The van der Waals surface area contributed by atoms with Gasteiger partial charge in [-0.25, -0.2) is 9.97 Å². The van der Waals surface area contributed by atoms with Crippen molar-refractivity contribution in [3.8, 4) is 0 Å². The first-order valence-corrected chi connectivity index (χ1v) is 5.05. The molecule has 2 aromatic rings. The van der Waals surface area contributed by atoms with E-state index in [1.165, 1.54) is 11.3 Å². The molecule has 0 saturated heterocycles. The summed E-state index contributed by atoms with van der Waals surface area (Å²) in [4.78, 5) is 8.75. The minimum atomic E-state index is 0.464. The van der Waals surface area contributed by atoms with Crippen LogP contribution in [0.15, 0.2) is 18.6 Å². The summed E-state index contributed by atoms with van der Waals surface area (Å²) in [7, 11) is 0. The van der Waals surface area contributed by atoms with Gasteiger partial charge < -0.3 is 0 Å². The molecule has 0 aliphatic carbocycles. The zero-order chi connectivity index (χ0) is 10.1. The molecule has 2 aromatic heterocycles. The van der Waals surface area contributed by atoms with E-state index in [0.29, 0.717) is 5.92 Å². The van der Waals surface area contributed by atoms with Crippen molar-refractivity contribution < 1.29 is 0 Å². The van der Waals surface area contributed by atoms with E-state index in [2.05, 4.69) is 36.9 Å². The Kier molecular flexibility index (Phi) is 2.23. The molecule has 74 valence electrons. The molecule has 2 rings (SSSR count). The highest BCUT2D eigenvalue weighted by Gasteiger charge is 2.09. The second-order valence-corrected chi connectivity index (χ2v) is 3.79. The first-order chi connectivity index (χ1) is 6.72. The fraction of sp³-hybridized carbons (Fsp3) is 0.455. The lowest BCUT2D eigenvalue weighted by atomic mass is 10.0. The summed E-state index contributed by atoms with van der Waals surface area (Å²) in [6.45, 7) is 6.49. The maximum Gasteiger partial charge on any atom is 0.233 e. The predicted octanol–water partition coefficient (Wildman–Crippen LogP) is 2.42. The molecule has 0 aliphatic heterocycles. The number of hydrogen-bond acceptors (Lipinski definition) is 2. The minimum Gasteiger partial charge on any atom is -0.291 e. The van der Waals surface area contributed by atoms with Gasteiger partial charge in [-0.15, -0.1) is 0 Å². The van der Waals surface area contributed by atoms with Crippen LogP contribution in [0.1, 0.15) is 37.9 Å². The average Bonchev–Trinajstić information content (AvgIpc) is 2.62. The SMILES string of the molecule is CCc1cn2ccnc2nc1C(C)C. The lowest BCUT2D eigenvalue weighted by molar-refractivity contribution is 0.791. The Bertz CT molecular complexity index is 443. The van der Waals surface area contributed by atoms with E-state index in [1.807, 2.05) is 10.6 Å². The van der Waals surface area contributed by atoms with Crippen molar-refractivity contribution in [1.82, 2.24) is 14.4 Å². The summed E-state index contributed by atoms with van der Waals surface area (Å²) in [5, 5.41) is 0. The molecular formula is C11H15N3. The average molecular weight is 189 g/mol. The maximum absolute atomic E-state index is 4.56. The molecule has 0 saturated carbocycles. The van der Waals surface area contributed by atoms with Gasteiger partial charge in [-0.1, -0.05) is 20.8 Å². The van der Waals surface area contributed by atoms with Gasteiger partial charge in [0.25, 0.3) is 0 Å². The smallest absolute Gasteiger partial charge is 0.233 e. The van der Waals surface area contributed by atoms with Crippen molar-refractivity contribution in [1.29, 1.82) is 0 Å².